The Labute approximate surface area is 194 Å². The Morgan fingerprint density at radius 2 is 2.09 bits per heavy atom. The van der Waals surface area contributed by atoms with Gasteiger partial charge in [-0.05, 0) is 24.1 Å². The van der Waals surface area contributed by atoms with Crippen molar-refractivity contribution in [2.75, 3.05) is 37.5 Å². The summed E-state index contributed by atoms with van der Waals surface area (Å²) in [7, 11) is 3.12. The van der Waals surface area contributed by atoms with Gasteiger partial charge in [0.05, 0.1) is 24.8 Å². The summed E-state index contributed by atoms with van der Waals surface area (Å²) in [6.07, 6.45) is 1.93. The van der Waals surface area contributed by atoms with Gasteiger partial charge in [0.25, 0.3) is 0 Å². The van der Waals surface area contributed by atoms with Crippen molar-refractivity contribution in [2.24, 2.45) is 0 Å². The van der Waals surface area contributed by atoms with Gasteiger partial charge in [0, 0.05) is 32.3 Å². The van der Waals surface area contributed by atoms with Crippen LogP contribution in [-0.2, 0) is 16.0 Å². The van der Waals surface area contributed by atoms with Crippen LogP contribution in [0.5, 0.6) is 5.75 Å². The molecule has 4 rings (SSSR count). The fraction of sp³-hybridized carbons (Fsp3) is 0.381. The molecule has 0 aliphatic carbocycles. The lowest BCUT2D eigenvalue weighted by Crippen LogP contribution is -2.26. The van der Waals surface area contributed by atoms with Crippen molar-refractivity contribution in [2.45, 2.75) is 25.0 Å². The molecule has 0 bridgehead atoms. The summed E-state index contributed by atoms with van der Waals surface area (Å²) in [5.74, 6) is 1.41. The van der Waals surface area contributed by atoms with E-state index in [1.165, 1.54) is 24.6 Å². The molecule has 2 aromatic heterocycles. The van der Waals surface area contributed by atoms with Crippen LogP contribution in [0.15, 0.2) is 36.5 Å². The highest BCUT2D eigenvalue weighted by Gasteiger charge is 2.26. The first-order valence-corrected chi connectivity index (χ1v) is 11.3. The number of hydrogen-bond acceptors (Lipinski definition) is 10. The van der Waals surface area contributed by atoms with Gasteiger partial charge in [-0.1, -0.05) is 35.1 Å². The smallest absolute Gasteiger partial charge is 0.205 e. The number of aromatic nitrogens is 4. The molecule has 1 saturated heterocycles. The molecule has 9 nitrogen and oxygen atoms in total. The summed E-state index contributed by atoms with van der Waals surface area (Å²) in [4.78, 5) is 14.9. The summed E-state index contributed by atoms with van der Waals surface area (Å²) in [5, 5.41) is 21.7. The van der Waals surface area contributed by atoms with E-state index in [9.17, 15) is 4.79 Å². The van der Waals surface area contributed by atoms with Crippen LogP contribution in [0.2, 0.25) is 5.02 Å². The fourth-order valence-electron chi connectivity index (χ4n) is 3.61. The number of carbonyl (C=O) groups excluding carboxylic acids is 1. The van der Waals surface area contributed by atoms with E-state index in [0.29, 0.717) is 15.2 Å². The van der Waals surface area contributed by atoms with Gasteiger partial charge in [-0.25, -0.2) is 0 Å². The molecule has 1 aliphatic heterocycles. The standard InChI is InChI=1S/C21H23ClN6O3S/c1-30-16-5-3-13(4-6-16)20(31-2)17(29)10-19-26-27-21(32-19)24-15-7-8-28(12-15)18-9-14(22)11-23-25-18/h3-6,9,11,15,20H,7-8,10,12H2,1-2H3,(H,24,27)/t15-,20-/m1/s1. The number of ketones is 1. The van der Waals surface area contributed by atoms with Crippen LogP contribution in [-0.4, -0.2) is 59.5 Å². The largest absolute Gasteiger partial charge is 0.497 e. The average Bonchev–Trinajstić information content (AvgIpc) is 3.44. The number of benzene rings is 1. The normalized spacial score (nSPS) is 16.7. The fourth-order valence-corrected chi connectivity index (χ4v) is 4.57. The summed E-state index contributed by atoms with van der Waals surface area (Å²) in [6, 6.07) is 9.27. The summed E-state index contributed by atoms with van der Waals surface area (Å²) in [5.41, 5.74) is 0.774. The summed E-state index contributed by atoms with van der Waals surface area (Å²) in [6.45, 7) is 1.60. The second-order valence-electron chi connectivity index (χ2n) is 7.34. The molecular weight excluding hydrogens is 452 g/mol. The first-order chi connectivity index (χ1) is 15.6. The zero-order valence-electron chi connectivity index (χ0n) is 17.7. The molecule has 1 aliphatic rings. The number of carbonyl (C=O) groups is 1. The van der Waals surface area contributed by atoms with E-state index in [1.54, 1.807) is 13.2 Å². The molecule has 168 valence electrons. The maximum atomic E-state index is 12.8. The van der Waals surface area contributed by atoms with Crippen molar-refractivity contribution < 1.29 is 14.3 Å². The van der Waals surface area contributed by atoms with E-state index in [4.69, 9.17) is 21.1 Å². The molecule has 11 heteroatoms. The summed E-state index contributed by atoms with van der Waals surface area (Å²) < 4.78 is 10.6. The van der Waals surface area contributed by atoms with Crippen molar-refractivity contribution >= 4 is 39.7 Å². The average molecular weight is 475 g/mol. The van der Waals surface area contributed by atoms with Crippen LogP contribution >= 0.6 is 22.9 Å². The zero-order valence-corrected chi connectivity index (χ0v) is 19.3. The van der Waals surface area contributed by atoms with Crippen LogP contribution < -0.4 is 15.0 Å². The van der Waals surface area contributed by atoms with Crippen molar-refractivity contribution in [1.29, 1.82) is 0 Å². The van der Waals surface area contributed by atoms with E-state index in [-0.39, 0.29) is 18.2 Å². The topological polar surface area (TPSA) is 102 Å². The molecule has 0 saturated carbocycles. The Morgan fingerprint density at radius 3 is 2.81 bits per heavy atom. The highest BCUT2D eigenvalue weighted by Crippen LogP contribution is 2.26. The number of hydrogen-bond donors (Lipinski definition) is 1. The van der Waals surface area contributed by atoms with E-state index in [2.05, 4.69) is 30.6 Å². The molecule has 0 spiro atoms. The summed E-state index contributed by atoms with van der Waals surface area (Å²) >= 11 is 7.39. The highest BCUT2D eigenvalue weighted by atomic mass is 35.5. The Hall–Kier alpha value is -2.82. The minimum absolute atomic E-state index is 0.0769. The van der Waals surface area contributed by atoms with Crippen molar-refractivity contribution in [3.05, 3.63) is 52.1 Å². The van der Waals surface area contributed by atoms with Crippen molar-refractivity contribution in [1.82, 2.24) is 20.4 Å². The zero-order chi connectivity index (χ0) is 22.5. The third-order valence-corrected chi connectivity index (χ3v) is 6.25. The van der Waals surface area contributed by atoms with Gasteiger partial charge in [-0.15, -0.1) is 15.3 Å². The quantitative estimate of drug-likeness (QED) is 0.500. The Kier molecular flexibility index (Phi) is 7.13. The molecule has 1 N–H and O–H groups in total. The van der Waals surface area contributed by atoms with Crippen molar-refractivity contribution in [3.63, 3.8) is 0 Å². The number of methoxy groups -OCH3 is 2. The van der Waals surface area contributed by atoms with Crippen LogP contribution in [0.3, 0.4) is 0 Å². The minimum atomic E-state index is -0.664. The Bertz CT molecular complexity index is 1060. The van der Waals surface area contributed by atoms with E-state index in [1.807, 2.05) is 24.3 Å². The molecular formula is C21H23ClN6O3S. The SMILES string of the molecule is COc1ccc([C@@H](OC)C(=O)Cc2nnc(N[C@@H]3CCN(c4cc(Cl)cnn4)C3)s2)cc1. The third kappa shape index (κ3) is 5.32. The maximum absolute atomic E-state index is 12.8. The Balaban J connectivity index is 1.33. The van der Waals surface area contributed by atoms with Gasteiger partial charge in [-0.3, -0.25) is 4.79 Å². The molecule has 1 fully saturated rings. The molecule has 0 unspecified atom stereocenters. The molecule has 3 heterocycles. The number of Topliss-reactive ketones (excluding diaryl/α,β-unsaturated/α-hetero) is 1. The van der Waals surface area contributed by atoms with Gasteiger partial charge in [0.2, 0.25) is 5.13 Å². The van der Waals surface area contributed by atoms with Crippen LogP contribution in [0.4, 0.5) is 10.9 Å². The van der Waals surface area contributed by atoms with Gasteiger partial charge in [0.15, 0.2) is 11.6 Å². The highest BCUT2D eigenvalue weighted by molar-refractivity contribution is 7.15. The first-order valence-electron chi connectivity index (χ1n) is 10.1. The lowest BCUT2D eigenvalue weighted by Gasteiger charge is -2.17. The Morgan fingerprint density at radius 1 is 1.28 bits per heavy atom. The maximum Gasteiger partial charge on any atom is 0.205 e. The van der Waals surface area contributed by atoms with E-state index < -0.39 is 6.10 Å². The number of nitrogens with one attached hydrogen (secondary N) is 1. The van der Waals surface area contributed by atoms with Crippen LogP contribution in [0, 0.1) is 0 Å². The van der Waals surface area contributed by atoms with Gasteiger partial charge >= 0.3 is 0 Å². The van der Waals surface area contributed by atoms with Crippen LogP contribution in [0.25, 0.3) is 0 Å². The predicted octanol–water partition coefficient (Wildman–Crippen LogP) is 3.18. The van der Waals surface area contributed by atoms with Gasteiger partial charge < -0.3 is 19.7 Å². The molecule has 3 aromatic rings. The molecule has 0 radical (unpaired) electrons. The number of rotatable bonds is 9. The van der Waals surface area contributed by atoms with E-state index in [0.717, 1.165) is 36.6 Å². The van der Waals surface area contributed by atoms with E-state index >= 15 is 0 Å². The number of anilines is 2. The van der Waals surface area contributed by atoms with Crippen molar-refractivity contribution in [3.8, 4) is 5.75 Å². The molecule has 1 aromatic carbocycles. The second-order valence-corrected chi connectivity index (χ2v) is 8.84. The first kappa shape index (κ1) is 22.4. The molecule has 0 amide bonds. The minimum Gasteiger partial charge on any atom is -0.497 e. The lowest BCUT2D eigenvalue weighted by molar-refractivity contribution is -0.128. The third-order valence-electron chi connectivity index (χ3n) is 5.19. The molecule has 32 heavy (non-hydrogen) atoms. The van der Waals surface area contributed by atoms with Gasteiger partial charge in [0.1, 0.15) is 16.9 Å². The lowest BCUT2D eigenvalue weighted by atomic mass is 10.0. The monoisotopic (exact) mass is 474 g/mol. The second kappa shape index (κ2) is 10.2. The molecule has 2 atom stereocenters. The number of ether oxygens (including phenoxy) is 2. The number of nitrogens with zero attached hydrogens (tertiary/aromatic N) is 5. The van der Waals surface area contributed by atoms with Gasteiger partial charge in [-0.2, -0.15) is 5.10 Å². The number of halogens is 1. The predicted molar refractivity (Wildman–Crippen MR) is 123 cm³/mol. The van der Waals surface area contributed by atoms with Crippen LogP contribution in [0.1, 0.15) is 23.1 Å².